The van der Waals surface area contributed by atoms with E-state index in [0.29, 0.717) is 0 Å². The maximum absolute atomic E-state index is 13.8. The number of quaternary nitrogens is 1. The minimum atomic E-state index is -0.0803. The van der Waals surface area contributed by atoms with Crippen molar-refractivity contribution in [2.24, 2.45) is 5.92 Å². The number of anilines is 1. The fourth-order valence-corrected chi connectivity index (χ4v) is 3.78. The molecule has 2 nitrogen and oxygen atoms in total. The molecule has 0 unspecified atom stereocenters. The predicted octanol–water partition coefficient (Wildman–Crippen LogP) is 2.11. The zero-order chi connectivity index (χ0) is 13.8. The van der Waals surface area contributed by atoms with Gasteiger partial charge in [0.2, 0.25) is 0 Å². The van der Waals surface area contributed by atoms with Gasteiger partial charge in [-0.2, -0.15) is 0 Å². The van der Waals surface area contributed by atoms with Crippen LogP contribution in [0.1, 0.15) is 32.1 Å². The number of piperazine rings is 1. The molecule has 1 saturated heterocycles. The molecule has 1 heterocycles. The van der Waals surface area contributed by atoms with E-state index in [1.807, 2.05) is 12.1 Å². The van der Waals surface area contributed by atoms with Crippen LogP contribution in [0.15, 0.2) is 24.3 Å². The van der Waals surface area contributed by atoms with Gasteiger partial charge >= 0.3 is 0 Å². The zero-order valence-corrected chi connectivity index (χ0v) is 12.3. The van der Waals surface area contributed by atoms with E-state index in [4.69, 9.17) is 0 Å². The molecule has 1 aliphatic heterocycles. The number of nitrogens with one attached hydrogen (secondary N) is 1. The first kappa shape index (κ1) is 13.9. The second-order valence-electron chi connectivity index (χ2n) is 6.40. The Bertz CT molecular complexity index is 421. The van der Waals surface area contributed by atoms with E-state index in [1.165, 1.54) is 38.6 Å². The van der Waals surface area contributed by atoms with Gasteiger partial charge in [0.15, 0.2) is 0 Å². The highest BCUT2D eigenvalue weighted by Crippen LogP contribution is 2.22. The molecule has 0 spiro atoms. The molecular formula is C17H26FN2+. The summed E-state index contributed by atoms with van der Waals surface area (Å²) in [5, 5.41) is 0. The predicted molar refractivity (Wildman–Crippen MR) is 80.8 cm³/mol. The Balaban J connectivity index is 1.50. The standard InChI is InChI=1S/C17H25FN2/c18-16-8-4-5-9-17(16)20-12-10-19(11-13-20)14-15-6-2-1-3-7-15/h4-5,8-9,15H,1-3,6-7,10-14H2/p+1. The van der Waals surface area contributed by atoms with Gasteiger partial charge in [0, 0.05) is 5.92 Å². The first-order valence-electron chi connectivity index (χ1n) is 8.16. The molecule has 20 heavy (non-hydrogen) atoms. The fraction of sp³-hybridized carbons (Fsp3) is 0.647. The molecule has 2 aliphatic rings. The minimum absolute atomic E-state index is 0.0803. The topological polar surface area (TPSA) is 7.68 Å². The van der Waals surface area contributed by atoms with Crippen molar-refractivity contribution in [3.8, 4) is 0 Å². The number of rotatable bonds is 3. The molecule has 1 aromatic carbocycles. The first-order valence-corrected chi connectivity index (χ1v) is 8.16. The molecule has 3 rings (SSSR count). The normalized spacial score (nSPS) is 22.1. The number of nitrogens with zero attached hydrogens (tertiary/aromatic N) is 1. The van der Waals surface area contributed by atoms with Gasteiger partial charge in [0.05, 0.1) is 38.4 Å². The second kappa shape index (κ2) is 6.57. The van der Waals surface area contributed by atoms with Crippen LogP contribution in [0.5, 0.6) is 0 Å². The molecule has 110 valence electrons. The Morgan fingerprint density at radius 3 is 2.45 bits per heavy atom. The van der Waals surface area contributed by atoms with Crippen molar-refractivity contribution in [1.29, 1.82) is 0 Å². The van der Waals surface area contributed by atoms with Crippen LogP contribution in [-0.2, 0) is 0 Å². The third-order valence-corrected chi connectivity index (χ3v) is 4.97. The summed E-state index contributed by atoms with van der Waals surface area (Å²) in [6.07, 6.45) is 7.16. The molecular weight excluding hydrogens is 251 g/mol. The highest BCUT2D eigenvalue weighted by molar-refractivity contribution is 5.47. The van der Waals surface area contributed by atoms with Gasteiger partial charge in [0.1, 0.15) is 5.82 Å². The third-order valence-electron chi connectivity index (χ3n) is 4.97. The van der Waals surface area contributed by atoms with Crippen molar-refractivity contribution in [3.05, 3.63) is 30.1 Å². The van der Waals surface area contributed by atoms with Crippen LogP contribution in [0.4, 0.5) is 10.1 Å². The summed E-state index contributed by atoms with van der Waals surface area (Å²) < 4.78 is 13.8. The summed E-state index contributed by atoms with van der Waals surface area (Å²) >= 11 is 0. The lowest BCUT2D eigenvalue weighted by Crippen LogP contribution is -3.15. The van der Waals surface area contributed by atoms with Crippen molar-refractivity contribution < 1.29 is 9.29 Å². The number of para-hydroxylation sites is 1. The molecule has 1 aliphatic carbocycles. The molecule has 0 amide bonds. The largest absolute Gasteiger partial charge is 0.358 e. The average Bonchev–Trinajstić information content (AvgIpc) is 2.50. The van der Waals surface area contributed by atoms with E-state index in [9.17, 15) is 4.39 Å². The van der Waals surface area contributed by atoms with Gasteiger partial charge in [0.25, 0.3) is 0 Å². The van der Waals surface area contributed by atoms with Crippen molar-refractivity contribution in [2.75, 3.05) is 37.6 Å². The Kier molecular flexibility index (Phi) is 4.56. The number of hydrogen-bond acceptors (Lipinski definition) is 1. The molecule has 0 bridgehead atoms. The minimum Gasteiger partial charge on any atom is -0.358 e. The Morgan fingerprint density at radius 1 is 1.05 bits per heavy atom. The summed E-state index contributed by atoms with van der Waals surface area (Å²) in [4.78, 5) is 3.93. The van der Waals surface area contributed by atoms with Gasteiger partial charge in [-0.1, -0.05) is 31.4 Å². The first-order chi connectivity index (χ1) is 9.83. The van der Waals surface area contributed by atoms with Crippen LogP contribution >= 0.6 is 0 Å². The van der Waals surface area contributed by atoms with Crippen LogP contribution in [0.25, 0.3) is 0 Å². The lowest BCUT2D eigenvalue weighted by molar-refractivity contribution is -0.904. The maximum Gasteiger partial charge on any atom is 0.146 e. The SMILES string of the molecule is Fc1ccccc1N1CC[NH+](CC2CCCCC2)CC1. The van der Waals surface area contributed by atoms with Gasteiger partial charge in [-0.05, 0) is 25.0 Å². The average molecular weight is 277 g/mol. The zero-order valence-electron chi connectivity index (χ0n) is 12.3. The van der Waals surface area contributed by atoms with E-state index in [2.05, 4.69) is 4.90 Å². The van der Waals surface area contributed by atoms with Crippen LogP contribution in [0, 0.1) is 11.7 Å². The molecule has 0 aromatic heterocycles. The molecule has 1 saturated carbocycles. The Labute approximate surface area is 121 Å². The molecule has 2 fully saturated rings. The maximum atomic E-state index is 13.8. The smallest absolute Gasteiger partial charge is 0.146 e. The third kappa shape index (κ3) is 3.32. The van der Waals surface area contributed by atoms with E-state index < -0.39 is 0 Å². The lowest BCUT2D eigenvalue weighted by atomic mass is 9.89. The van der Waals surface area contributed by atoms with E-state index in [-0.39, 0.29) is 5.82 Å². The van der Waals surface area contributed by atoms with Crippen molar-refractivity contribution in [1.82, 2.24) is 0 Å². The van der Waals surface area contributed by atoms with Crippen molar-refractivity contribution >= 4 is 5.69 Å². The van der Waals surface area contributed by atoms with Gasteiger partial charge in [-0.25, -0.2) is 4.39 Å². The molecule has 1 aromatic rings. The van der Waals surface area contributed by atoms with E-state index in [0.717, 1.165) is 37.8 Å². The van der Waals surface area contributed by atoms with Crippen LogP contribution in [0.3, 0.4) is 0 Å². The quantitative estimate of drug-likeness (QED) is 0.889. The van der Waals surface area contributed by atoms with Crippen LogP contribution in [0.2, 0.25) is 0 Å². The summed E-state index contributed by atoms with van der Waals surface area (Å²) in [5.74, 6) is 0.863. The molecule has 0 radical (unpaired) electrons. The van der Waals surface area contributed by atoms with Gasteiger partial charge in [-0.15, -0.1) is 0 Å². The van der Waals surface area contributed by atoms with E-state index in [1.54, 1.807) is 17.0 Å². The van der Waals surface area contributed by atoms with Crippen LogP contribution in [-0.4, -0.2) is 32.7 Å². The van der Waals surface area contributed by atoms with Gasteiger partial charge in [-0.3, -0.25) is 0 Å². The Morgan fingerprint density at radius 2 is 1.75 bits per heavy atom. The monoisotopic (exact) mass is 277 g/mol. The molecule has 1 N–H and O–H groups in total. The summed E-state index contributed by atoms with van der Waals surface area (Å²) in [6, 6.07) is 7.17. The summed E-state index contributed by atoms with van der Waals surface area (Å²) in [7, 11) is 0. The highest BCUT2D eigenvalue weighted by atomic mass is 19.1. The second-order valence-corrected chi connectivity index (χ2v) is 6.40. The van der Waals surface area contributed by atoms with Crippen molar-refractivity contribution in [3.63, 3.8) is 0 Å². The Hall–Kier alpha value is -1.09. The highest BCUT2D eigenvalue weighted by Gasteiger charge is 2.25. The van der Waals surface area contributed by atoms with Crippen LogP contribution < -0.4 is 9.80 Å². The lowest BCUT2D eigenvalue weighted by Gasteiger charge is -2.36. The van der Waals surface area contributed by atoms with Gasteiger partial charge < -0.3 is 9.80 Å². The number of benzene rings is 1. The summed E-state index contributed by atoms with van der Waals surface area (Å²) in [5.41, 5.74) is 0.782. The molecule has 0 atom stereocenters. The summed E-state index contributed by atoms with van der Waals surface area (Å²) in [6.45, 7) is 5.63. The van der Waals surface area contributed by atoms with E-state index >= 15 is 0 Å². The van der Waals surface area contributed by atoms with Crippen molar-refractivity contribution in [2.45, 2.75) is 32.1 Å². The number of hydrogen-bond donors (Lipinski definition) is 1. The molecule has 3 heteroatoms. The number of halogens is 1. The fourth-order valence-electron chi connectivity index (χ4n) is 3.78.